The molecule has 35 heavy (non-hydrogen) atoms. The summed E-state index contributed by atoms with van der Waals surface area (Å²) in [5.41, 5.74) is 1.74. The number of para-hydroxylation sites is 1. The number of esters is 1. The van der Waals surface area contributed by atoms with Gasteiger partial charge in [-0.2, -0.15) is 0 Å². The molecule has 0 fully saturated rings. The third-order valence-electron chi connectivity index (χ3n) is 5.40. The van der Waals surface area contributed by atoms with Crippen LogP contribution in [0.1, 0.15) is 59.6 Å². The van der Waals surface area contributed by atoms with E-state index in [0.29, 0.717) is 40.4 Å². The number of thioether (sulfide) groups is 1. The number of rotatable bonds is 8. The highest BCUT2D eigenvalue weighted by Gasteiger charge is 2.43. The van der Waals surface area contributed by atoms with Crippen molar-refractivity contribution in [3.63, 3.8) is 0 Å². The van der Waals surface area contributed by atoms with Crippen LogP contribution in [0.25, 0.3) is 0 Å². The van der Waals surface area contributed by atoms with Gasteiger partial charge in [0.1, 0.15) is 5.60 Å². The van der Waals surface area contributed by atoms with Gasteiger partial charge in [-0.3, -0.25) is 4.79 Å². The van der Waals surface area contributed by atoms with Gasteiger partial charge in [-0.15, -0.1) is 0 Å². The number of fused-ring (bicyclic) bond motifs is 1. The van der Waals surface area contributed by atoms with Crippen LogP contribution in [0, 0.1) is 5.92 Å². The van der Waals surface area contributed by atoms with Crippen molar-refractivity contribution in [3.05, 3.63) is 46.1 Å². The Labute approximate surface area is 211 Å². The fourth-order valence-electron chi connectivity index (χ4n) is 3.93. The number of methoxy groups -OCH3 is 2. The minimum absolute atomic E-state index is 0.0896. The highest BCUT2D eigenvalue weighted by molar-refractivity contribution is 8.16. The van der Waals surface area contributed by atoms with Crippen molar-refractivity contribution in [2.24, 2.45) is 10.9 Å². The second kappa shape index (κ2) is 10.8. The highest BCUT2D eigenvalue weighted by Crippen LogP contribution is 2.48. The van der Waals surface area contributed by atoms with Crippen LogP contribution in [0.5, 0.6) is 11.5 Å². The van der Waals surface area contributed by atoms with Crippen molar-refractivity contribution in [2.75, 3.05) is 20.8 Å². The molecule has 2 heterocycles. The van der Waals surface area contributed by atoms with Gasteiger partial charge in [0.05, 0.1) is 38.0 Å². The summed E-state index contributed by atoms with van der Waals surface area (Å²) in [4.78, 5) is 32.9. The minimum atomic E-state index is -0.688. The maximum Gasteiger partial charge on any atom is 0.338 e. The summed E-state index contributed by atoms with van der Waals surface area (Å²) in [6.07, 6.45) is 0.155. The van der Waals surface area contributed by atoms with Crippen LogP contribution in [-0.4, -0.2) is 48.3 Å². The SMILES string of the molecule is COc1cccc(C2C(C(=O)OC(C)(C)C)=C(C)N=C3SC=C(CC(=O)NCC(C)C)N32)c1OC. The smallest absolute Gasteiger partial charge is 0.338 e. The largest absolute Gasteiger partial charge is 0.493 e. The standard InChI is InChI=1S/C26H35N3O5S/c1-15(2)13-27-20(30)12-17-14-35-25-28-16(3)21(24(31)34-26(4,5)6)22(29(17)25)18-10-9-11-19(32-7)23(18)33-8/h9-11,14-15,22H,12-13H2,1-8H3,(H,27,30). The van der Waals surface area contributed by atoms with Crippen LogP contribution in [-0.2, 0) is 14.3 Å². The van der Waals surface area contributed by atoms with Crippen molar-refractivity contribution in [3.8, 4) is 11.5 Å². The predicted molar refractivity (Wildman–Crippen MR) is 138 cm³/mol. The number of allylic oxidation sites excluding steroid dienone is 1. The van der Waals surface area contributed by atoms with E-state index < -0.39 is 17.6 Å². The number of amides is 1. The molecule has 8 nitrogen and oxygen atoms in total. The maximum atomic E-state index is 13.5. The lowest BCUT2D eigenvalue weighted by atomic mass is 9.92. The topological polar surface area (TPSA) is 89.5 Å². The van der Waals surface area contributed by atoms with E-state index in [4.69, 9.17) is 19.2 Å². The summed E-state index contributed by atoms with van der Waals surface area (Å²) in [7, 11) is 3.14. The van der Waals surface area contributed by atoms with Crippen LogP contribution in [0.4, 0.5) is 0 Å². The van der Waals surface area contributed by atoms with E-state index in [1.807, 2.05) is 57.1 Å². The van der Waals surface area contributed by atoms with Crippen molar-refractivity contribution in [1.29, 1.82) is 0 Å². The fourth-order valence-corrected chi connectivity index (χ4v) is 4.89. The fraction of sp³-hybridized carbons (Fsp3) is 0.500. The second-order valence-corrected chi connectivity index (χ2v) is 10.7. The Morgan fingerprint density at radius 2 is 1.91 bits per heavy atom. The van der Waals surface area contributed by atoms with Gasteiger partial charge >= 0.3 is 5.97 Å². The summed E-state index contributed by atoms with van der Waals surface area (Å²) >= 11 is 1.43. The van der Waals surface area contributed by atoms with E-state index in [1.165, 1.54) is 11.8 Å². The molecule has 1 amide bonds. The Morgan fingerprint density at radius 3 is 2.51 bits per heavy atom. The third-order valence-corrected chi connectivity index (χ3v) is 6.29. The van der Waals surface area contributed by atoms with Crippen LogP contribution in [0.2, 0.25) is 0 Å². The lowest BCUT2D eigenvalue weighted by Crippen LogP contribution is -2.39. The Bertz CT molecular complexity index is 1080. The van der Waals surface area contributed by atoms with Gasteiger partial charge in [-0.1, -0.05) is 37.7 Å². The second-order valence-electron chi connectivity index (χ2n) is 9.85. The third kappa shape index (κ3) is 6.01. The molecule has 1 N–H and O–H groups in total. The quantitative estimate of drug-likeness (QED) is 0.513. The lowest BCUT2D eigenvalue weighted by Gasteiger charge is -2.37. The van der Waals surface area contributed by atoms with Gasteiger partial charge in [0.25, 0.3) is 0 Å². The zero-order chi connectivity index (χ0) is 25.9. The summed E-state index contributed by atoms with van der Waals surface area (Å²) in [5.74, 6) is 0.843. The van der Waals surface area contributed by atoms with Crippen LogP contribution >= 0.6 is 11.8 Å². The summed E-state index contributed by atoms with van der Waals surface area (Å²) in [6.45, 7) is 12.0. The Kier molecular flexibility index (Phi) is 8.20. The number of hydrogen-bond acceptors (Lipinski definition) is 8. The number of amidine groups is 1. The Hall–Kier alpha value is -2.94. The van der Waals surface area contributed by atoms with E-state index in [2.05, 4.69) is 5.32 Å². The molecule has 1 unspecified atom stereocenters. The number of aliphatic imine (C=N–C) groups is 1. The summed E-state index contributed by atoms with van der Waals surface area (Å²) < 4.78 is 17.1. The van der Waals surface area contributed by atoms with Crippen molar-refractivity contribution in [1.82, 2.24) is 10.2 Å². The van der Waals surface area contributed by atoms with Crippen molar-refractivity contribution < 1.29 is 23.8 Å². The van der Waals surface area contributed by atoms with Crippen molar-refractivity contribution in [2.45, 2.75) is 59.6 Å². The van der Waals surface area contributed by atoms with Gasteiger partial charge < -0.3 is 24.4 Å². The molecule has 0 aliphatic carbocycles. The molecule has 2 aliphatic heterocycles. The first-order valence-corrected chi connectivity index (χ1v) is 12.5. The molecule has 1 atom stereocenters. The zero-order valence-corrected chi connectivity index (χ0v) is 22.5. The van der Waals surface area contributed by atoms with E-state index in [1.54, 1.807) is 27.2 Å². The lowest BCUT2D eigenvalue weighted by molar-refractivity contribution is -0.150. The van der Waals surface area contributed by atoms with E-state index in [9.17, 15) is 9.59 Å². The monoisotopic (exact) mass is 501 g/mol. The molecule has 190 valence electrons. The Balaban J connectivity index is 2.11. The van der Waals surface area contributed by atoms with Gasteiger partial charge in [0, 0.05) is 17.8 Å². The zero-order valence-electron chi connectivity index (χ0n) is 21.7. The molecule has 0 spiro atoms. The molecule has 1 aromatic rings. The van der Waals surface area contributed by atoms with Crippen LogP contribution in [0.15, 0.2) is 45.6 Å². The molecule has 0 bridgehead atoms. The summed E-state index contributed by atoms with van der Waals surface area (Å²) in [6, 6.07) is 4.94. The number of carbonyl (C=O) groups excluding carboxylic acids is 2. The number of hydrogen-bond donors (Lipinski definition) is 1. The van der Waals surface area contributed by atoms with Crippen LogP contribution in [0.3, 0.4) is 0 Å². The van der Waals surface area contributed by atoms with E-state index in [-0.39, 0.29) is 12.3 Å². The summed E-state index contributed by atoms with van der Waals surface area (Å²) in [5, 5.41) is 5.58. The predicted octanol–water partition coefficient (Wildman–Crippen LogP) is 4.78. The first-order valence-electron chi connectivity index (χ1n) is 11.6. The molecule has 1 aromatic carbocycles. The number of carbonyl (C=O) groups is 2. The maximum absolute atomic E-state index is 13.5. The number of benzene rings is 1. The molecular formula is C26H35N3O5S. The molecule has 2 aliphatic rings. The molecule has 9 heteroatoms. The minimum Gasteiger partial charge on any atom is -0.493 e. The molecule has 0 radical (unpaired) electrons. The van der Waals surface area contributed by atoms with Gasteiger partial charge in [0.15, 0.2) is 16.7 Å². The molecule has 0 saturated heterocycles. The van der Waals surface area contributed by atoms with Crippen LogP contribution < -0.4 is 14.8 Å². The molecule has 0 saturated carbocycles. The van der Waals surface area contributed by atoms with Gasteiger partial charge in [-0.25, -0.2) is 9.79 Å². The van der Waals surface area contributed by atoms with Gasteiger partial charge in [0.2, 0.25) is 5.91 Å². The number of nitrogens with one attached hydrogen (secondary N) is 1. The first-order chi connectivity index (χ1) is 16.5. The number of nitrogens with zero attached hydrogens (tertiary/aromatic N) is 2. The molecule has 0 aromatic heterocycles. The van der Waals surface area contributed by atoms with E-state index in [0.717, 1.165) is 11.3 Å². The average molecular weight is 502 g/mol. The van der Waals surface area contributed by atoms with E-state index >= 15 is 0 Å². The number of ether oxygens (including phenoxy) is 3. The first kappa shape index (κ1) is 26.7. The average Bonchev–Trinajstić information content (AvgIpc) is 3.16. The Morgan fingerprint density at radius 1 is 1.20 bits per heavy atom. The highest BCUT2D eigenvalue weighted by atomic mass is 32.2. The van der Waals surface area contributed by atoms with Gasteiger partial charge in [-0.05, 0) is 45.1 Å². The normalized spacial score (nSPS) is 17.6. The van der Waals surface area contributed by atoms with Crippen molar-refractivity contribution >= 4 is 28.8 Å². The molecular weight excluding hydrogens is 466 g/mol. The molecule has 3 rings (SSSR count).